The van der Waals surface area contributed by atoms with E-state index in [0.717, 1.165) is 19.3 Å². The van der Waals surface area contributed by atoms with Gasteiger partial charge in [0, 0.05) is 23.0 Å². The van der Waals surface area contributed by atoms with Crippen molar-refractivity contribution < 1.29 is 14.6 Å². The molecule has 0 unspecified atom stereocenters. The van der Waals surface area contributed by atoms with Crippen molar-refractivity contribution in [3.63, 3.8) is 0 Å². The highest BCUT2D eigenvalue weighted by atomic mass is 35.5. The summed E-state index contributed by atoms with van der Waals surface area (Å²) >= 11 is 6.28. The van der Waals surface area contributed by atoms with Crippen molar-refractivity contribution >= 4 is 34.5 Å². The Kier molecular flexibility index (Phi) is 5.89. The van der Waals surface area contributed by atoms with E-state index >= 15 is 0 Å². The Bertz CT molecular complexity index is 1360. The van der Waals surface area contributed by atoms with Gasteiger partial charge in [-0.25, -0.2) is 4.52 Å². The molecule has 0 radical (unpaired) electrons. The van der Waals surface area contributed by atoms with Crippen molar-refractivity contribution in [2.75, 3.05) is 18.2 Å². The number of carbonyl (C=O) groups excluding carboxylic acids is 1. The van der Waals surface area contributed by atoms with Gasteiger partial charge in [-0.05, 0) is 43.2 Å². The molecule has 1 amide bonds. The molecular weight excluding hydrogens is 456 g/mol. The van der Waals surface area contributed by atoms with Gasteiger partial charge in [-0.1, -0.05) is 30.5 Å². The molecule has 0 saturated heterocycles. The molecule has 1 fully saturated rings. The third kappa shape index (κ3) is 3.97. The lowest BCUT2D eigenvalue weighted by Gasteiger charge is -2.27. The van der Waals surface area contributed by atoms with Gasteiger partial charge in [-0.2, -0.15) is 5.10 Å². The van der Waals surface area contributed by atoms with Gasteiger partial charge < -0.3 is 20.9 Å². The summed E-state index contributed by atoms with van der Waals surface area (Å²) in [6.07, 6.45) is 6.44. The van der Waals surface area contributed by atoms with Crippen LogP contribution in [0.15, 0.2) is 48.8 Å². The van der Waals surface area contributed by atoms with Crippen molar-refractivity contribution in [2.24, 2.45) is 0 Å². The minimum absolute atomic E-state index is 0.126. The second-order valence-electron chi connectivity index (χ2n) is 8.38. The fourth-order valence-corrected chi connectivity index (χ4v) is 4.72. The topological polar surface area (TPSA) is 120 Å². The minimum Gasteiger partial charge on any atom is -0.496 e. The Balaban J connectivity index is 1.60. The maximum absolute atomic E-state index is 13.4. The van der Waals surface area contributed by atoms with E-state index < -0.39 is 12.0 Å². The molecule has 4 N–H and O–H groups in total. The van der Waals surface area contributed by atoms with Gasteiger partial charge in [0.15, 0.2) is 5.82 Å². The van der Waals surface area contributed by atoms with Crippen LogP contribution in [-0.4, -0.2) is 43.6 Å². The molecule has 9 nitrogen and oxygen atoms in total. The number of aliphatic hydroxyl groups is 1. The number of nitrogens with two attached hydrogens (primary N) is 1. The van der Waals surface area contributed by atoms with E-state index in [1.54, 1.807) is 53.0 Å². The van der Waals surface area contributed by atoms with E-state index in [2.05, 4.69) is 10.4 Å². The number of ether oxygens (including phenoxy) is 1. The molecule has 4 aromatic rings. The van der Waals surface area contributed by atoms with Crippen molar-refractivity contribution in [3.8, 4) is 17.0 Å². The van der Waals surface area contributed by atoms with Crippen molar-refractivity contribution in [1.82, 2.24) is 19.4 Å². The van der Waals surface area contributed by atoms with E-state index in [0.29, 0.717) is 39.7 Å². The van der Waals surface area contributed by atoms with Crippen LogP contribution >= 0.6 is 11.6 Å². The lowest BCUT2D eigenvalue weighted by Crippen LogP contribution is -2.27. The molecule has 10 heteroatoms. The molecule has 176 valence electrons. The van der Waals surface area contributed by atoms with E-state index in [1.165, 1.54) is 0 Å². The van der Waals surface area contributed by atoms with Crippen molar-refractivity contribution in [2.45, 2.75) is 37.8 Å². The Hall–Kier alpha value is -3.56. The monoisotopic (exact) mass is 480 g/mol. The molecule has 3 aromatic heterocycles. The number of halogens is 1. The molecule has 0 aliphatic heterocycles. The molecule has 2 atom stereocenters. The Morgan fingerprint density at radius 3 is 2.85 bits per heavy atom. The summed E-state index contributed by atoms with van der Waals surface area (Å²) in [6, 6.07) is 10.4. The SMILES string of the molecule is COc1ccc(Cl)cc1-c1nn([C@H]2CCCC[C@@H]2O)cc1NC(=O)c1c(N)nn2ccccc12. The van der Waals surface area contributed by atoms with Gasteiger partial charge in [0.2, 0.25) is 0 Å². The fraction of sp³-hybridized carbons (Fsp3) is 0.292. The van der Waals surface area contributed by atoms with E-state index in [1.807, 2.05) is 12.1 Å². The molecule has 3 heterocycles. The number of nitrogens with one attached hydrogen (secondary N) is 1. The molecule has 1 saturated carbocycles. The number of nitrogen functional groups attached to an aromatic ring is 1. The molecule has 5 rings (SSSR count). The zero-order chi connectivity index (χ0) is 23.8. The van der Waals surface area contributed by atoms with Crippen LogP contribution in [0, 0.1) is 0 Å². The highest BCUT2D eigenvalue weighted by molar-refractivity contribution is 6.31. The minimum atomic E-state index is -0.512. The average Bonchev–Trinajstić information content (AvgIpc) is 3.39. The molecule has 1 aromatic carbocycles. The number of aliphatic hydroxyl groups excluding tert-OH is 1. The third-order valence-corrected chi connectivity index (χ3v) is 6.46. The molecule has 1 aliphatic rings. The number of benzene rings is 1. The largest absolute Gasteiger partial charge is 0.496 e. The van der Waals surface area contributed by atoms with Gasteiger partial charge in [-0.15, -0.1) is 5.10 Å². The Morgan fingerprint density at radius 1 is 1.24 bits per heavy atom. The Labute approximate surface area is 201 Å². The second-order valence-corrected chi connectivity index (χ2v) is 8.82. The molecule has 0 spiro atoms. The summed E-state index contributed by atoms with van der Waals surface area (Å²) in [6.45, 7) is 0. The first-order chi connectivity index (χ1) is 16.5. The van der Waals surface area contributed by atoms with Gasteiger partial charge in [0.25, 0.3) is 5.91 Å². The number of pyridine rings is 1. The normalized spacial score (nSPS) is 18.2. The number of carbonyl (C=O) groups is 1. The van der Waals surface area contributed by atoms with Crippen LogP contribution in [0.5, 0.6) is 5.75 Å². The van der Waals surface area contributed by atoms with Crippen LogP contribution in [0.3, 0.4) is 0 Å². The zero-order valence-corrected chi connectivity index (χ0v) is 19.4. The maximum atomic E-state index is 13.4. The van der Waals surface area contributed by atoms with Crippen LogP contribution < -0.4 is 15.8 Å². The molecule has 1 aliphatic carbocycles. The standard InChI is InChI=1S/C24H25ClN6O3/c1-34-20-10-9-14(25)12-15(20)22-16(13-31(28-22)17-6-2-3-8-19(17)32)27-24(33)21-18-7-4-5-11-30(18)29-23(21)26/h4-5,7,9-13,17,19,32H,2-3,6,8H2,1H3,(H2,26,29)(H,27,33)/t17-,19-/m0/s1. The summed E-state index contributed by atoms with van der Waals surface area (Å²) < 4.78 is 8.83. The number of aromatic nitrogens is 4. The highest BCUT2D eigenvalue weighted by Crippen LogP contribution is 2.38. The van der Waals surface area contributed by atoms with E-state index in [9.17, 15) is 9.90 Å². The predicted molar refractivity (Wildman–Crippen MR) is 130 cm³/mol. The number of rotatable bonds is 5. The summed E-state index contributed by atoms with van der Waals surface area (Å²) in [5, 5.41) is 23.1. The first-order valence-corrected chi connectivity index (χ1v) is 11.5. The van der Waals surface area contributed by atoms with Crippen LogP contribution in [0.4, 0.5) is 11.5 Å². The van der Waals surface area contributed by atoms with E-state index in [4.69, 9.17) is 27.2 Å². The number of fused-ring (bicyclic) bond motifs is 1. The summed E-state index contributed by atoms with van der Waals surface area (Å²) in [5.74, 6) is 0.273. The number of nitrogens with zero attached hydrogens (tertiary/aromatic N) is 4. The first-order valence-electron chi connectivity index (χ1n) is 11.1. The quantitative estimate of drug-likeness (QED) is 0.394. The zero-order valence-electron chi connectivity index (χ0n) is 18.6. The van der Waals surface area contributed by atoms with Crippen LogP contribution in [0.2, 0.25) is 5.02 Å². The number of amides is 1. The first kappa shape index (κ1) is 22.2. The average molecular weight is 481 g/mol. The van der Waals surface area contributed by atoms with Gasteiger partial charge in [0.05, 0.1) is 30.5 Å². The van der Waals surface area contributed by atoms with Crippen molar-refractivity contribution in [1.29, 1.82) is 0 Å². The Morgan fingerprint density at radius 2 is 2.06 bits per heavy atom. The van der Waals surface area contributed by atoms with Gasteiger partial charge >= 0.3 is 0 Å². The number of hydrogen-bond acceptors (Lipinski definition) is 6. The summed E-state index contributed by atoms with van der Waals surface area (Å²) in [5.41, 5.74) is 8.51. The smallest absolute Gasteiger partial charge is 0.261 e. The summed E-state index contributed by atoms with van der Waals surface area (Å²) in [4.78, 5) is 13.4. The lowest BCUT2D eigenvalue weighted by atomic mass is 9.93. The lowest BCUT2D eigenvalue weighted by molar-refractivity contribution is 0.0696. The number of methoxy groups -OCH3 is 1. The van der Waals surface area contributed by atoms with Crippen LogP contribution in [-0.2, 0) is 0 Å². The molecule has 34 heavy (non-hydrogen) atoms. The molecule has 0 bridgehead atoms. The van der Waals surface area contributed by atoms with Crippen molar-refractivity contribution in [3.05, 3.63) is 59.4 Å². The predicted octanol–water partition coefficient (Wildman–Crippen LogP) is 4.17. The highest BCUT2D eigenvalue weighted by Gasteiger charge is 2.28. The second kappa shape index (κ2) is 9.00. The molecular formula is C24H25ClN6O3. The van der Waals surface area contributed by atoms with Gasteiger partial charge in [0.1, 0.15) is 17.0 Å². The third-order valence-electron chi connectivity index (χ3n) is 6.22. The van der Waals surface area contributed by atoms with E-state index in [-0.39, 0.29) is 17.4 Å². The summed E-state index contributed by atoms with van der Waals surface area (Å²) in [7, 11) is 1.56. The van der Waals surface area contributed by atoms with Crippen LogP contribution in [0.25, 0.3) is 16.8 Å². The number of hydrogen-bond donors (Lipinski definition) is 3. The van der Waals surface area contributed by atoms with Gasteiger partial charge in [-0.3, -0.25) is 9.48 Å². The van der Waals surface area contributed by atoms with Crippen LogP contribution in [0.1, 0.15) is 42.1 Å². The fourth-order valence-electron chi connectivity index (χ4n) is 4.55. The maximum Gasteiger partial charge on any atom is 0.261 e. The number of anilines is 2.